The number of carbonyl (C=O) groups is 1. The van der Waals surface area contributed by atoms with Gasteiger partial charge in [-0.3, -0.25) is 4.79 Å². The quantitative estimate of drug-likeness (QED) is 0.471. The van der Waals surface area contributed by atoms with Gasteiger partial charge in [0.25, 0.3) is 0 Å². The van der Waals surface area contributed by atoms with Crippen LogP contribution < -0.4 is 0 Å². The van der Waals surface area contributed by atoms with Crippen LogP contribution in [0.1, 0.15) is 26.2 Å². The van der Waals surface area contributed by atoms with E-state index in [1.165, 1.54) is 0 Å². The van der Waals surface area contributed by atoms with Crippen molar-refractivity contribution in [2.24, 2.45) is 5.92 Å². The van der Waals surface area contributed by atoms with Gasteiger partial charge in [0.15, 0.2) is 6.29 Å². The highest BCUT2D eigenvalue weighted by molar-refractivity contribution is 5.69. The molecule has 0 aromatic heterocycles. The van der Waals surface area contributed by atoms with Gasteiger partial charge in [-0.15, -0.1) is 0 Å². The Hall–Kier alpha value is -0.730. The number of nitrogens with zero attached hydrogens (tertiary/aromatic N) is 1. The standard InChI is InChI=1S/C15H27NO6/c1-10-6-13(12(7-17)15(19)22-10)16(2)5-3-4-14(18)21-9-11-8-20-11/h10-13,15,17,19H,3-9H2,1-2H3/t10-,11?,12-,13?,15-/m1/s1. The molecule has 5 atom stereocenters. The molecule has 0 bridgehead atoms. The molecule has 2 aliphatic heterocycles. The lowest BCUT2D eigenvalue weighted by Gasteiger charge is -2.42. The Kier molecular flexibility index (Phi) is 6.58. The van der Waals surface area contributed by atoms with Crippen molar-refractivity contribution in [2.75, 3.05) is 33.4 Å². The molecule has 128 valence electrons. The summed E-state index contributed by atoms with van der Waals surface area (Å²) in [5.74, 6) is -0.525. The Morgan fingerprint density at radius 2 is 2.18 bits per heavy atom. The predicted octanol–water partition coefficient (Wildman–Crippen LogP) is -0.255. The fraction of sp³-hybridized carbons (Fsp3) is 0.933. The highest BCUT2D eigenvalue weighted by Crippen LogP contribution is 2.27. The van der Waals surface area contributed by atoms with Crippen molar-refractivity contribution in [1.82, 2.24) is 4.90 Å². The highest BCUT2D eigenvalue weighted by Gasteiger charge is 2.37. The summed E-state index contributed by atoms with van der Waals surface area (Å²) in [6.07, 6.45) is 0.909. The number of hydrogen-bond donors (Lipinski definition) is 2. The first-order valence-corrected chi connectivity index (χ1v) is 7.93. The molecular formula is C15H27NO6. The molecule has 0 aliphatic carbocycles. The van der Waals surface area contributed by atoms with Crippen LogP contribution in [0.5, 0.6) is 0 Å². The summed E-state index contributed by atoms with van der Waals surface area (Å²) in [6, 6.07) is 0.0413. The van der Waals surface area contributed by atoms with E-state index in [4.69, 9.17) is 14.2 Å². The second-order valence-electron chi connectivity index (χ2n) is 6.21. The van der Waals surface area contributed by atoms with Crippen LogP contribution in [0.2, 0.25) is 0 Å². The molecule has 7 nitrogen and oxygen atoms in total. The summed E-state index contributed by atoms with van der Waals surface area (Å²) in [4.78, 5) is 13.6. The summed E-state index contributed by atoms with van der Waals surface area (Å²) in [6.45, 7) is 3.53. The third kappa shape index (κ3) is 5.17. The average molecular weight is 317 g/mol. The maximum atomic E-state index is 11.6. The summed E-state index contributed by atoms with van der Waals surface area (Å²) in [7, 11) is 1.95. The maximum Gasteiger partial charge on any atom is 0.305 e. The largest absolute Gasteiger partial charge is 0.463 e. The van der Waals surface area contributed by atoms with Crippen molar-refractivity contribution in [3.63, 3.8) is 0 Å². The Morgan fingerprint density at radius 3 is 2.82 bits per heavy atom. The lowest BCUT2D eigenvalue weighted by molar-refractivity contribution is -0.215. The van der Waals surface area contributed by atoms with E-state index in [0.29, 0.717) is 32.6 Å². The minimum Gasteiger partial charge on any atom is -0.463 e. The van der Waals surface area contributed by atoms with Crippen molar-refractivity contribution >= 4 is 5.97 Å². The summed E-state index contributed by atoms with van der Waals surface area (Å²) in [5, 5.41) is 19.4. The summed E-state index contributed by atoms with van der Waals surface area (Å²) >= 11 is 0. The molecule has 0 amide bonds. The summed E-state index contributed by atoms with van der Waals surface area (Å²) < 4.78 is 15.4. The third-order valence-corrected chi connectivity index (χ3v) is 4.31. The SMILES string of the molecule is C[C@@H]1CC(N(C)CCCC(=O)OCC2CO2)[C@@H](CO)[C@H](O)O1. The van der Waals surface area contributed by atoms with Crippen LogP contribution in [-0.2, 0) is 19.0 Å². The van der Waals surface area contributed by atoms with Crippen LogP contribution in [0, 0.1) is 5.92 Å². The van der Waals surface area contributed by atoms with Crippen molar-refractivity contribution in [3.05, 3.63) is 0 Å². The molecule has 2 aliphatic rings. The van der Waals surface area contributed by atoms with Crippen LogP contribution in [-0.4, -0.2) is 79.0 Å². The van der Waals surface area contributed by atoms with Crippen LogP contribution >= 0.6 is 0 Å². The first-order chi connectivity index (χ1) is 10.5. The van der Waals surface area contributed by atoms with Gasteiger partial charge >= 0.3 is 5.97 Å². The molecule has 2 fully saturated rings. The Labute approximate surface area is 131 Å². The van der Waals surface area contributed by atoms with E-state index >= 15 is 0 Å². The van der Waals surface area contributed by atoms with Crippen molar-refractivity contribution in [2.45, 2.75) is 50.7 Å². The Morgan fingerprint density at radius 1 is 1.45 bits per heavy atom. The lowest BCUT2D eigenvalue weighted by Crippen LogP contribution is -2.52. The molecule has 22 heavy (non-hydrogen) atoms. The molecule has 2 saturated heterocycles. The number of esters is 1. The van der Waals surface area contributed by atoms with Gasteiger partial charge in [-0.2, -0.15) is 0 Å². The molecule has 2 N–H and O–H groups in total. The van der Waals surface area contributed by atoms with Crippen LogP contribution in [0.4, 0.5) is 0 Å². The van der Waals surface area contributed by atoms with Crippen molar-refractivity contribution in [1.29, 1.82) is 0 Å². The van der Waals surface area contributed by atoms with E-state index in [0.717, 1.165) is 6.42 Å². The zero-order valence-electron chi connectivity index (χ0n) is 13.3. The molecule has 2 heterocycles. The van der Waals surface area contributed by atoms with Gasteiger partial charge in [-0.05, 0) is 33.4 Å². The first kappa shape index (κ1) is 17.6. The van der Waals surface area contributed by atoms with E-state index < -0.39 is 6.29 Å². The molecule has 7 heteroatoms. The van der Waals surface area contributed by atoms with Crippen LogP contribution in [0.15, 0.2) is 0 Å². The number of aliphatic hydroxyl groups excluding tert-OH is 2. The second kappa shape index (κ2) is 8.21. The number of rotatable bonds is 8. The van der Waals surface area contributed by atoms with Gasteiger partial charge in [0.2, 0.25) is 0 Å². The maximum absolute atomic E-state index is 11.6. The highest BCUT2D eigenvalue weighted by atomic mass is 16.6. The molecule has 0 spiro atoms. The van der Waals surface area contributed by atoms with E-state index in [2.05, 4.69) is 4.90 Å². The first-order valence-electron chi connectivity index (χ1n) is 7.93. The third-order valence-electron chi connectivity index (χ3n) is 4.31. The van der Waals surface area contributed by atoms with Crippen molar-refractivity contribution in [3.8, 4) is 0 Å². The lowest BCUT2D eigenvalue weighted by atomic mass is 9.90. The minimum atomic E-state index is -0.940. The summed E-state index contributed by atoms with van der Waals surface area (Å²) in [5.41, 5.74) is 0. The smallest absolute Gasteiger partial charge is 0.305 e. The normalized spacial score (nSPS) is 34.7. The van der Waals surface area contributed by atoms with Gasteiger partial charge < -0.3 is 29.3 Å². The molecule has 2 rings (SSSR count). The Bertz CT molecular complexity index is 362. The van der Waals surface area contributed by atoms with Gasteiger partial charge in [-0.1, -0.05) is 0 Å². The molecule has 0 saturated carbocycles. The minimum absolute atomic E-state index is 0.0413. The Balaban J connectivity index is 1.70. The molecule has 0 aromatic carbocycles. The number of epoxide rings is 1. The van der Waals surface area contributed by atoms with E-state index in [1.54, 1.807) is 0 Å². The number of carbonyl (C=O) groups excluding carboxylic acids is 1. The van der Waals surface area contributed by atoms with E-state index in [1.807, 2.05) is 14.0 Å². The number of ether oxygens (including phenoxy) is 3. The zero-order valence-corrected chi connectivity index (χ0v) is 13.3. The second-order valence-corrected chi connectivity index (χ2v) is 6.21. The molecule has 0 radical (unpaired) electrons. The fourth-order valence-corrected chi connectivity index (χ4v) is 2.88. The van der Waals surface area contributed by atoms with E-state index in [-0.39, 0.29) is 36.7 Å². The van der Waals surface area contributed by atoms with Crippen molar-refractivity contribution < 1.29 is 29.2 Å². The van der Waals surface area contributed by atoms with Crippen LogP contribution in [0.3, 0.4) is 0 Å². The van der Waals surface area contributed by atoms with Gasteiger partial charge in [-0.25, -0.2) is 0 Å². The molecular weight excluding hydrogens is 290 g/mol. The average Bonchev–Trinajstić information content (AvgIpc) is 3.28. The number of aliphatic hydroxyl groups is 2. The van der Waals surface area contributed by atoms with Crippen LogP contribution in [0.25, 0.3) is 0 Å². The van der Waals surface area contributed by atoms with Gasteiger partial charge in [0.1, 0.15) is 12.7 Å². The van der Waals surface area contributed by atoms with Gasteiger partial charge in [0.05, 0.1) is 19.3 Å². The predicted molar refractivity (Wildman–Crippen MR) is 78.1 cm³/mol. The van der Waals surface area contributed by atoms with Gasteiger partial charge in [0, 0.05) is 18.4 Å². The molecule has 2 unspecified atom stereocenters. The monoisotopic (exact) mass is 317 g/mol. The molecule has 0 aromatic rings. The fourth-order valence-electron chi connectivity index (χ4n) is 2.88. The number of hydrogen-bond acceptors (Lipinski definition) is 7. The van der Waals surface area contributed by atoms with E-state index in [9.17, 15) is 15.0 Å². The zero-order chi connectivity index (χ0) is 16.1. The topological polar surface area (TPSA) is 91.8 Å².